The summed E-state index contributed by atoms with van der Waals surface area (Å²) in [6.45, 7) is 2.04. The Morgan fingerprint density at radius 3 is 2.44 bits per heavy atom. The molecule has 0 saturated heterocycles. The smallest absolute Gasteiger partial charge is 0.273 e. The number of benzene rings is 2. The third kappa shape index (κ3) is 3.32. The standard InChI is InChI=1S/C20H16N4O2S/c1-12-2-4-13(5-3-12)16-10-24-17(11-27-20(24)23-16)19(26)22-15-8-6-14(7-9-15)18(21)25/h2-11H,1H3,(H2,21,25)(H,22,26). The fraction of sp³-hybridized carbons (Fsp3) is 0.0500. The van der Waals surface area contributed by atoms with Crippen molar-refractivity contribution in [2.45, 2.75) is 6.92 Å². The maximum absolute atomic E-state index is 12.7. The summed E-state index contributed by atoms with van der Waals surface area (Å²) in [5, 5.41) is 4.60. The molecule has 0 unspecified atom stereocenters. The molecule has 6 nitrogen and oxygen atoms in total. The lowest BCUT2D eigenvalue weighted by atomic mass is 10.1. The molecule has 4 rings (SSSR count). The van der Waals surface area contributed by atoms with Crippen molar-refractivity contribution in [1.29, 1.82) is 0 Å². The third-order valence-electron chi connectivity index (χ3n) is 4.22. The van der Waals surface area contributed by atoms with Crippen LogP contribution in [0.25, 0.3) is 16.2 Å². The fourth-order valence-electron chi connectivity index (χ4n) is 2.72. The average Bonchev–Trinajstić information content (AvgIpc) is 3.23. The van der Waals surface area contributed by atoms with E-state index in [9.17, 15) is 9.59 Å². The Morgan fingerprint density at radius 1 is 1.07 bits per heavy atom. The van der Waals surface area contributed by atoms with E-state index in [1.165, 1.54) is 16.9 Å². The predicted molar refractivity (Wildman–Crippen MR) is 106 cm³/mol. The Hall–Kier alpha value is -3.45. The van der Waals surface area contributed by atoms with E-state index in [1.807, 2.05) is 37.4 Å². The van der Waals surface area contributed by atoms with Gasteiger partial charge in [0.05, 0.1) is 5.69 Å². The van der Waals surface area contributed by atoms with E-state index in [2.05, 4.69) is 10.3 Å². The van der Waals surface area contributed by atoms with Gasteiger partial charge in [0, 0.05) is 28.4 Å². The second-order valence-electron chi connectivity index (χ2n) is 6.16. The minimum Gasteiger partial charge on any atom is -0.366 e. The third-order valence-corrected chi connectivity index (χ3v) is 5.06. The van der Waals surface area contributed by atoms with Gasteiger partial charge in [0.25, 0.3) is 5.91 Å². The Bertz CT molecular complexity index is 1140. The largest absolute Gasteiger partial charge is 0.366 e. The van der Waals surface area contributed by atoms with Crippen LogP contribution in [0.4, 0.5) is 5.69 Å². The number of nitrogens with two attached hydrogens (primary N) is 1. The summed E-state index contributed by atoms with van der Waals surface area (Å²) in [7, 11) is 0. The van der Waals surface area contributed by atoms with Gasteiger partial charge in [-0.15, -0.1) is 11.3 Å². The van der Waals surface area contributed by atoms with E-state index in [1.54, 1.807) is 34.0 Å². The van der Waals surface area contributed by atoms with Gasteiger partial charge in [0.1, 0.15) is 5.69 Å². The summed E-state index contributed by atoms with van der Waals surface area (Å²) in [5.74, 6) is -0.754. The lowest BCUT2D eigenvalue weighted by Crippen LogP contribution is -2.14. The van der Waals surface area contributed by atoms with Crippen LogP contribution < -0.4 is 11.1 Å². The number of anilines is 1. The van der Waals surface area contributed by atoms with Crippen molar-refractivity contribution in [3.05, 3.63) is 76.9 Å². The number of aryl methyl sites for hydroxylation is 1. The highest BCUT2D eigenvalue weighted by molar-refractivity contribution is 7.15. The summed E-state index contributed by atoms with van der Waals surface area (Å²) in [6, 6.07) is 14.5. The van der Waals surface area contributed by atoms with E-state index in [4.69, 9.17) is 5.73 Å². The summed E-state index contributed by atoms with van der Waals surface area (Å²) < 4.78 is 1.78. The van der Waals surface area contributed by atoms with Crippen LogP contribution in [-0.4, -0.2) is 21.2 Å². The van der Waals surface area contributed by atoms with Crippen molar-refractivity contribution in [2.24, 2.45) is 5.73 Å². The van der Waals surface area contributed by atoms with Crippen molar-refractivity contribution in [3.8, 4) is 11.3 Å². The Labute approximate surface area is 159 Å². The minimum absolute atomic E-state index is 0.249. The number of primary amides is 1. The van der Waals surface area contributed by atoms with Gasteiger partial charge in [-0.1, -0.05) is 29.8 Å². The molecule has 0 aliphatic carbocycles. The average molecular weight is 376 g/mol. The van der Waals surface area contributed by atoms with Crippen LogP contribution in [0.1, 0.15) is 26.4 Å². The monoisotopic (exact) mass is 376 g/mol. The van der Waals surface area contributed by atoms with Gasteiger partial charge < -0.3 is 11.1 Å². The first kappa shape index (κ1) is 17.0. The molecule has 3 N–H and O–H groups in total. The van der Waals surface area contributed by atoms with Gasteiger partial charge in [-0.2, -0.15) is 0 Å². The molecule has 2 aromatic carbocycles. The first-order valence-electron chi connectivity index (χ1n) is 8.26. The topological polar surface area (TPSA) is 89.5 Å². The van der Waals surface area contributed by atoms with Gasteiger partial charge in [0.15, 0.2) is 4.96 Å². The molecule has 0 atom stereocenters. The lowest BCUT2D eigenvalue weighted by molar-refractivity contribution is 0.0997. The van der Waals surface area contributed by atoms with Crippen LogP contribution in [0.15, 0.2) is 60.1 Å². The SMILES string of the molecule is Cc1ccc(-c2cn3c(C(=O)Nc4ccc(C(N)=O)cc4)csc3n2)cc1. The summed E-state index contributed by atoms with van der Waals surface area (Å²) >= 11 is 1.41. The molecule has 0 spiro atoms. The summed E-state index contributed by atoms with van der Waals surface area (Å²) in [4.78, 5) is 29.1. The quantitative estimate of drug-likeness (QED) is 0.569. The first-order valence-corrected chi connectivity index (χ1v) is 9.14. The van der Waals surface area contributed by atoms with Crippen molar-refractivity contribution < 1.29 is 9.59 Å². The van der Waals surface area contributed by atoms with E-state index >= 15 is 0 Å². The van der Waals surface area contributed by atoms with Crippen molar-refractivity contribution in [1.82, 2.24) is 9.38 Å². The van der Waals surface area contributed by atoms with E-state index < -0.39 is 5.91 Å². The van der Waals surface area contributed by atoms with Gasteiger partial charge in [0.2, 0.25) is 5.91 Å². The van der Waals surface area contributed by atoms with Gasteiger partial charge in [-0.05, 0) is 31.2 Å². The van der Waals surface area contributed by atoms with Crippen molar-refractivity contribution in [2.75, 3.05) is 5.32 Å². The maximum atomic E-state index is 12.7. The molecule has 134 valence electrons. The van der Waals surface area contributed by atoms with E-state index in [-0.39, 0.29) is 5.91 Å². The zero-order valence-corrected chi connectivity index (χ0v) is 15.3. The van der Waals surface area contributed by atoms with Crippen LogP contribution in [0, 0.1) is 6.92 Å². The van der Waals surface area contributed by atoms with E-state index in [0.717, 1.165) is 16.2 Å². The Morgan fingerprint density at radius 2 is 1.78 bits per heavy atom. The molecule has 4 aromatic rings. The highest BCUT2D eigenvalue weighted by Gasteiger charge is 2.15. The molecule has 0 fully saturated rings. The van der Waals surface area contributed by atoms with Gasteiger partial charge >= 0.3 is 0 Å². The second-order valence-corrected chi connectivity index (χ2v) is 7.00. The molecule has 0 aliphatic rings. The molecule has 2 amide bonds. The molecule has 0 aliphatic heterocycles. The number of thiazole rings is 1. The number of imidazole rings is 1. The van der Waals surface area contributed by atoms with Gasteiger partial charge in [-0.3, -0.25) is 14.0 Å². The molecular weight excluding hydrogens is 360 g/mol. The number of fused-ring (bicyclic) bond motifs is 1. The van der Waals surface area contributed by atoms with Crippen LogP contribution in [0.2, 0.25) is 0 Å². The molecule has 0 bridgehead atoms. The highest BCUT2D eigenvalue weighted by atomic mass is 32.1. The normalized spacial score (nSPS) is 10.9. The lowest BCUT2D eigenvalue weighted by Gasteiger charge is -2.05. The zero-order chi connectivity index (χ0) is 19.0. The highest BCUT2D eigenvalue weighted by Crippen LogP contribution is 2.24. The Kier molecular flexibility index (Phi) is 4.21. The van der Waals surface area contributed by atoms with Crippen LogP contribution >= 0.6 is 11.3 Å². The number of nitrogens with one attached hydrogen (secondary N) is 1. The number of carbonyl (C=O) groups excluding carboxylic acids is 2. The predicted octanol–water partition coefficient (Wildman–Crippen LogP) is 3.72. The summed E-state index contributed by atoms with van der Waals surface area (Å²) in [6.07, 6.45) is 1.86. The van der Waals surface area contributed by atoms with Crippen molar-refractivity contribution >= 4 is 33.8 Å². The molecule has 0 saturated carbocycles. The summed E-state index contributed by atoms with van der Waals surface area (Å²) in [5.41, 5.74) is 9.71. The second kappa shape index (κ2) is 6.69. The molecular formula is C20H16N4O2S. The van der Waals surface area contributed by atoms with Crippen LogP contribution in [0.5, 0.6) is 0 Å². The molecule has 0 radical (unpaired) electrons. The number of nitrogens with zero attached hydrogens (tertiary/aromatic N) is 2. The first-order chi connectivity index (χ1) is 13.0. The molecule has 2 aromatic heterocycles. The molecule has 27 heavy (non-hydrogen) atoms. The zero-order valence-electron chi connectivity index (χ0n) is 14.5. The molecule has 7 heteroatoms. The molecule has 2 heterocycles. The maximum Gasteiger partial charge on any atom is 0.273 e. The number of rotatable bonds is 4. The number of hydrogen-bond acceptors (Lipinski definition) is 4. The number of amides is 2. The van der Waals surface area contributed by atoms with Crippen LogP contribution in [-0.2, 0) is 0 Å². The Balaban J connectivity index is 1.60. The fourth-order valence-corrected chi connectivity index (χ4v) is 3.58. The number of aromatic nitrogens is 2. The van der Waals surface area contributed by atoms with E-state index in [0.29, 0.717) is 16.9 Å². The number of hydrogen-bond donors (Lipinski definition) is 2. The van der Waals surface area contributed by atoms with Gasteiger partial charge in [-0.25, -0.2) is 4.98 Å². The van der Waals surface area contributed by atoms with Crippen LogP contribution in [0.3, 0.4) is 0 Å². The minimum atomic E-state index is -0.505. The number of carbonyl (C=O) groups is 2. The van der Waals surface area contributed by atoms with Crippen molar-refractivity contribution in [3.63, 3.8) is 0 Å².